The monoisotopic (exact) mass is 376 g/mol. The largest absolute Gasteiger partial charge is 0.481 e. The van der Waals surface area contributed by atoms with Crippen molar-refractivity contribution < 1.29 is 14.7 Å². The van der Waals surface area contributed by atoms with Crippen molar-refractivity contribution >= 4 is 23.5 Å². The van der Waals surface area contributed by atoms with Gasteiger partial charge in [-0.25, -0.2) is 0 Å². The highest BCUT2D eigenvalue weighted by Crippen LogP contribution is 2.14. The normalized spacial score (nSPS) is 15.2. The highest BCUT2D eigenvalue weighted by Gasteiger charge is 2.24. The molecule has 1 amide bonds. The molecule has 0 spiro atoms. The first kappa shape index (κ1) is 18.4. The van der Waals surface area contributed by atoms with E-state index in [0.29, 0.717) is 18.8 Å². The standard InChI is InChI=1S/C18H21ClN4O3/c19-15-3-1-14(2-4-15)13-21-9-11-22(12-10-21)18(26)16-5-7-20-23(16)8-6-17(24)25/h1-5,7H,6,8-13H2,(H,24,25). The molecule has 0 unspecified atom stereocenters. The quantitative estimate of drug-likeness (QED) is 0.833. The minimum absolute atomic E-state index is 0.0587. The van der Waals surface area contributed by atoms with Crippen molar-refractivity contribution in [1.82, 2.24) is 19.6 Å². The predicted octanol–water partition coefficient (Wildman–Crippen LogP) is 1.97. The summed E-state index contributed by atoms with van der Waals surface area (Å²) in [5, 5.41) is 13.6. The van der Waals surface area contributed by atoms with Crippen LogP contribution in [-0.2, 0) is 17.9 Å². The van der Waals surface area contributed by atoms with E-state index in [2.05, 4.69) is 10.00 Å². The van der Waals surface area contributed by atoms with Crippen LogP contribution in [0.25, 0.3) is 0 Å². The fourth-order valence-electron chi connectivity index (χ4n) is 3.01. The lowest BCUT2D eigenvalue weighted by Gasteiger charge is -2.34. The summed E-state index contributed by atoms with van der Waals surface area (Å²) in [4.78, 5) is 27.5. The zero-order valence-electron chi connectivity index (χ0n) is 14.3. The van der Waals surface area contributed by atoms with Gasteiger partial charge in [0.2, 0.25) is 0 Å². The van der Waals surface area contributed by atoms with Crippen LogP contribution >= 0.6 is 11.6 Å². The minimum Gasteiger partial charge on any atom is -0.481 e. The fourth-order valence-corrected chi connectivity index (χ4v) is 3.14. The molecule has 0 atom stereocenters. The van der Waals surface area contributed by atoms with Crippen LogP contribution in [-0.4, -0.2) is 62.7 Å². The first-order valence-corrected chi connectivity index (χ1v) is 8.90. The summed E-state index contributed by atoms with van der Waals surface area (Å²) in [5.74, 6) is -1.01. The maximum absolute atomic E-state index is 12.7. The molecule has 1 aromatic carbocycles. The number of carbonyl (C=O) groups is 2. The van der Waals surface area contributed by atoms with Gasteiger partial charge in [-0.3, -0.25) is 19.2 Å². The summed E-state index contributed by atoms with van der Waals surface area (Å²) < 4.78 is 1.47. The van der Waals surface area contributed by atoms with Gasteiger partial charge in [-0.1, -0.05) is 23.7 Å². The number of piperazine rings is 1. The molecular formula is C18H21ClN4O3. The Bertz CT molecular complexity index is 767. The molecule has 7 nitrogen and oxygen atoms in total. The molecule has 0 bridgehead atoms. The number of carboxylic acids is 1. The number of rotatable bonds is 6. The Morgan fingerprint density at radius 1 is 1.08 bits per heavy atom. The van der Waals surface area contributed by atoms with Crippen LogP contribution < -0.4 is 0 Å². The van der Waals surface area contributed by atoms with E-state index in [1.807, 2.05) is 24.3 Å². The second-order valence-electron chi connectivity index (χ2n) is 6.28. The van der Waals surface area contributed by atoms with E-state index in [1.165, 1.54) is 16.4 Å². The van der Waals surface area contributed by atoms with E-state index >= 15 is 0 Å². The Morgan fingerprint density at radius 3 is 2.42 bits per heavy atom. The molecule has 3 rings (SSSR count). The number of carboxylic acid groups (broad SMARTS) is 1. The summed E-state index contributed by atoms with van der Waals surface area (Å²) in [6.45, 7) is 3.87. The van der Waals surface area contributed by atoms with Gasteiger partial charge in [0, 0.05) is 43.9 Å². The van der Waals surface area contributed by atoms with Crippen molar-refractivity contribution in [2.24, 2.45) is 0 Å². The molecule has 1 aliphatic rings. The van der Waals surface area contributed by atoms with Crippen LogP contribution in [0.2, 0.25) is 5.02 Å². The first-order chi connectivity index (χ1) is 12.5. The lowest BCUT2D eigenvalue weighted by Crippen LogP contribution is -2.48. The molecule has 8 heteroatoms. The third kappa shape index (κ3) is 4.62. The van der Waals surface area contributed by atoms with Crippen LogP contribution in [0, 0.1) is 0 Å². The SMILES string of the molecule is O=C(O)CCn1nccc1C(=O)N1CCN(Cc2ccc(Cl)cc2)CC1. The number of hydrogen-bond acceptors (Lipinski definition) is 4. The molecule has 1 N–H and O–H groups in total. The zero-order valence-corrected chi connectivity index (χ0v) is 15.1. The van der Waals surface area contributed by atoms with Crippen molar-refractivity contribution in [2.75, 3.05) is 26.2 Å². The highest BCUT2D eigenvalue weighted by molar-refractivity contribution is 6.30. The van der Waals surface area contributed by atoms with Crippen molar-refractivity contribution in [3.63, 3.8) is 0 Å². The average molecular weight is 377 g/mol. The summed E-state index contributed by atoms with van der Waals surface area (Å²) >= 11 is 5.91. The van der Waals surface area contributed by atoms with E-state index in [0.717, 1.165) is 24.7 Å². The van der Waals surface area contributed by atoms with Crippen LogP contribution in [0.5, 0.6) is 0 Å². The van der Waals surface area contributed by atoms with Gasteiger partial charge >= 0.3 is 5.97 Å². The van der Waals surface area contributed by atoms with E-state index in [9.17, 15) is 9.59 Å². The van der Waals surface area contributed by atoms with Crippen LogP contribution in [0.1, 0.15) is 22.5 Å². The molecule has 1 aliphatic heterocycles. The maximum atomic E-state index is 12.7. The zero-order chi connectivity index (χ0) is 18.5. The van der Waals surface area contributed by atoms with E-state index in [1.54, 1.807) is 11.0 Å². The molecule has 2 aromatic rings. The molecule has 0 aliphatic carbocycles. The van der Waals surface area contributed by atoms with Gasteiger partial charge in [-0.05, 0) is 23.8 Å². The van der Waals surface area contributed by atoms with Gasteiger partial charge in [0.1, 0.15) is 5.69 Å². The van der Waals surface area contributed by atoms with Gasteiger partial charge in [0.25, 0.3) is 5.91 Å². The van der Waals surface area contributed by atoms with Gasteiger partial charge in [0.15, 0.2) is 0 Å². The fraction of sp³-hybridized carbons (Fsp3) is 0.389. The van der Waals surface area contributed by atoms with Gasteiger partial charge in [0.05, 0.1) is 13.0 Å². The minimum atomic E-state index is -0.908. The molecule has 0 radical (unpaired) electrons. The average Bonchev–Trinajstić information content (AvgIpc) is 3.10. The number of aliphatic carboxylic acids is 1. The van der Waals surface area contributed by atoms with Crippen LogP contribution in [0.3, 0.4) is 0 Å². The number of halogens is 1. The number of benzene rings is 1. The van der Waals surface area contributed by atoms with Gasteiger partial charge < -0.3 is 10.0 Å². The Kier molecular flexibility index (Phi) is 5.90. The van der Waals surface area contributed by atoms with Crippen molar-refractivity contribution in [1.29, 1.82) is 0 Å². The number of carbonyl (C=O) groups excluding carboxylic acids is 1. The smallest absolute Gasteiger partial charge is 0.305 e. The lowest BCUT2D eigenvalue weighted by molar-refractivity contribution is -0.137. The highest BCUT2D eigenvalue weighted by atomic mass is 35.5. The number of aryl methyl sites for hydroxylation is 1. The summed E-state index contributed by atoms with van der Waals surface area (Å²) in [5.41, 5.74) is 1.64. The van der Waals surface area contributed by atoms with E-state index in [-0.39, 0.29) is 18.9 Å². The van der Waals surface area contributed by atoms with Crippen LogP contribution in [0.15, 0.2) is 36.5 Å². The molecule has 1 aromatic heterocycles. The molecule has 138 valence electrons. The van der Waals surface area contributed by atoms with E-state index in [4.69, 9.17) is 16.7 Å². The van der Waals surface area contributed by atoms with Crippen molar-refractivity contribution in [3.05, 3.63) is 52.8 Å². The molecule has 0 saturated carbocycles. The summed E-state index contributed by atoms with van der Waals surface area (Å²) in [7, 11) is 0. The third-order valence-electron chi connectivity index (χ3n) is 4.45. The second-order valence-corrected chi connectivity index (χ2v) is 6.71. The number of aromatic nitrogens is 2. The number of amides is 1. The first-order valence-electron chi connectivity index (χ1n) is 8.52. The summed E-state index contributed by atoms with van der Waals surface area (Å²) in [6.07, 6.45) is 1.47. The topological polar surface area (TPSA) is 78.7 Å². The Hall–Kier alpha value is -2.38. The lowest BCUT2D eigenvalue weighted by atomic mass is 10.2. The predicted molar refractivity (Wildman–Crippen MR) is 97.1 cm³/mol. The second kappa shape index (κ2) is 8.33. The summed E-state index contributed by atoms with van der Waals surface area (Å²) in [6, 6.07) is 9.44. The van der Waals surface area contributed by atoms with Crippen molar-refractivity contribution in [2.45, 2.75) is 19.5 Å². The van der Waals surface area contributed by atoms with E-state index < -0.39 is 5.97 Å². The molecule has 2 heterocycles. The Labute approximate surface area is 156 Å². The number of hydrogen-bond donors (Lipinski definition) is 1. The number of nitrogens with zero attached hydrogens (tertiary/aromatic N) is 4. The molecular weight excluding hydrogens is 356 g/mol. The van der Waals surface area contributed by atoms with Gasteiger partial charge in [-0.15, -0.1) is 0 Å². The molecule has 1 saturated heterocycles. The van der Waals surface area contributed by atoms with Crippen LogP contribution in [0.4, 0.5) is 0 Å². The van der Waals surface area contributed by atoms with Crippen molar-refractivity contribution in [3.8, 4) is 0 Å². The Morgan fingerprint density at radius 2 is 1.77 bits per heavy atom. The maximum Gasteiger partial charge on any atom is 0.305 e. The molecule has 26 heavy (non-hydrogen) atoms. The Balaban J connectivity index is 1.54. The molecule has 1 fully saturated rings. The van der Waals surface area contributed by atoms with Gasteiger partial charge in [-0.2, -0.15) is 5.10 Å². The third-order valence-corrected chi connectivity index (χ3v) is 4.70.